The van der Waals surface area contributed by atoms with Crippen LogP contribution in [0.5, 0.6) is 5.75 Å². The zero-order valence-electron chi connectivity index (χ0n) is 26.7. The molecule has 0 bridgehead atoms. The molecule has 2 unspecified atom stereocenters. The van der Waals surface area contributed by atoms with Crippen molar-refractivity contribution >= 4 is 41.6 Å². The van der Waals surface area contributed by atoms with Gasteiger partial charge in [-0.1, -0.05) is 79.7 Å². The summed E-state index contributed by atoms with van der Waals surface area (Å²) < 4.78 is 40.4. The van der Waals surface area contributed by atoms with Gasteiger partial charge in [-0.2, -0.15) is 10.1 Å². The van der Waals surface area contributed by atoms with Gasteiger partial charge in [-0.15, -0.1) is 6.58 Å². The molecule has 1 aliphatic heterocycles. The molecule has 13 nitrogen and oxygen atoms in total. The summed E-state index contributed by atoms with van der Waals surface area (Å²) in [5.41, 5.74) is 5.85. The molecular formula is C34H37N6O7P. The molecule has 0 saturated carbocycles. The minimum Gasteiger partial charge on any atom is -0.457 e. The minimum absolute atomic E-state index is 0.0594. The molecule has 1 fully saturated rings. The second kappa shape index (κ2) is 13.4. The van der Waals surface area contributed by atoms with E-state index in [1.54, 1.807) is 29.7 Å². The molecule has 6 atom stereocenters. The number of nitrogens with two attached hydrogens (primary N) is 1. The van der Waals surface area contributed by atoms with Crippen molar-refractivity contribution in [3.63, 3.8) is 0 Å². The maximum Gasteiger partial charge on any atom is 0.459 e. The standard InChI is InChI=1S/C34H37N6O7P/c1-5-34(4)18-25(46-32(34)40-20-36-28-29(40)37-33(35)38-30(28)41)19-44-48(43,47-27-17-11-15-24-14-9-10-16-26(24)27)39-21(2)31(42)45-22(3)23-12-7-6-8-13-23/h5-17,20-22,25,32H,1,18-19H2,2-4H3,(H,39,43)(H3,35,37,38,41)/t21-,22-,25-,32?,34+,48?/m0/s1. The van der Waals surface area contributed by atoms with E-state index in [1.165, 1.54) is 13.3 Å². The zero-order valence-corrected chi connectivity index (χ0v) is 27.6. The number of anilines is 1. The lowest BCUT2D eigenvalue weighted by Gasteiger charge is -2.27. The fourth-order valence-corrected chi connectivity index (χ4v) is 7.33. The largest absolute Gasteiger partial charge is 0.459 e. The molecule has 0 radical (unpaired) electrons. The van der Waals surface area contributed by atoms with Gasteiger partial charge in [-0.3, -0.25) is 23.7 Å². The van der Waals surface area contributed by atoms with Crippen molar-refractivity contribution in [3.8, 4) is 5.75 Å². The van der Waals surface area contributed by atoms with Gasteiger partial charge < -0.3 is 19.7 Å². The van der Waals surface area contributed by atoms with Crippen LogP contribution in [-0.2, 0) is 23.4 Å². The van der Waals surface area contributed by atoms with E-state index in [-0.39, 0.29) is 23.7 Å². The number of imidazole rings is 1. The van der Waals surface area contributed by atoms with Crippen molar-refractivity contribution in [2.75, 3.05) is 12.3 Å². The first-order valence-corrected chi connectivity index (χ1v) is 17.0. The molecule has 1 saturated heterocycles. The fraction of sp³-hybridized carbons (Fsp3) is 0.294. The summed E-state index contributed by atoms with van der Waals surface area (Å²) in [6, 6.07) is 21.1. The first-order chi connectivity index (χ1) is 23.0. The van der Waals surface area contributed by atoms with Crippen molar-refractivity contribution in [1.82, 2.24) is 24.6 Å². The van der Waals surface area contributed by atoms with Crippen LogP contribution < -0.4 is 20.9 Å². The van der Waals surface area contributed by atoms with Gasteiger partial charge in [-0.25, -0.2) is 9.55 Å². The monoisotopic (exact) mass is 672 g/mol. The van der Waals surface area contributed by atoms with Crippen LogP contribution in [0.15, 0.2) is 96.6 Å². The number of rotatable bonds is 12. The molecule has 4 N–H and O–H groups in total. The van der Waals surface area contributed by atoms with Crippen LogP contribution in [0, 0.1) is 5.41 Å². The summed E-state index contributed by atoms with van der Waals surface area (Å²) in [5.74, 6) is -0.389. The average Bonchev–Trinajstić information content (AvgIpc) is 3.65. The number of fused-ring (bicyclic) bond motifs is 2. The van der Waals surface area contributed by atoms with E-state index in [1.807, 2.05) is 67.6 Å². The van der Waals surface area contributed by atoms with Gasteiger partial charge in [0, 0.05) is 10.8 Å². The van der Waals surface area contributed by atoms with Crippen molar-refractivity contribution in [2.45, 2.75) is 51.7 Å². The molecule has 3 heterocycles. The molecule has 0 spiro atoms. The lowest BCUT2D eigenvalue weighted by atomic mass is 9.85. The first kappa shape index (κ1) is 33.1. The predicted molar refractivity (Wildman–Crippen MR) is 181 cm³/mol. The summed E-state index contributed by atoms with van der Waals surface area (Å²) in [7, 11) is -4.26. The number of hydrogen-bond acceptors (Lipinski definition) is 10. The Hall–Kier alpha value is -4.81. The van der Waals surface area contributed by atoms with E-state index < -0.39 is 49.2 Å². The Balaban J connectivity index is 1.24. The van der Waals surface area contributed by atoms with Crippen molar-refractivity contribution in [2.24, 2.45) is 5.41 Å². The Labute approximate surface area is 276 Å². The SMILES string of the molecule is C=C[C@]1(C)C[C@@H](COP(=O)(N[C@@H](C)C(=O)O[C@@H](C)c2ccccc2)Oc2cccc3ccccc23)OC1n1cnc2c(=O)[nH]c(N)nc21. The van der Waals surface area contributed by atoms with Gasteiger partial charge >= 0.3 is 13.7 Å². The number of aromatic nitrogens is 4. The summed E-state index contributed by atoms with van der Waals surface area (Å²) in [6.45, 7) is 9.06. The number of nitrogens with zero attached hydrogens (tertiary/aromatic N) is 3. The number of hydrogen-bond donors (Lipinski definition) is 3. The second-order valence-corrected chi connectivity index (χ2v) is 13.7. The Morgan fingerprint density at radius 1 is 1.19 bits per heavy atom. The third-order valence-corrected chi connectivity index (χ3v) is 10.0. The number of H-pyrrole nitrogens is 1. The van der Waals surface area contributed by atoms with Crippen LogP contribution in [0.4, 0.5) is 5.95 Å². The molecule has 3 aromatic carbocycles. The molecule has 48 heavy (non-hydrogen) atoms. The van der Waals surface area contributed by atoms with Gasteiger partial charge in [0.05, 0.1) is 19.0 Å². The molecule has 0 amide bonds. The summed E-state index contributed by atoms with van der Waals surface area (Å²) in [4.78, 5) is 36.5. The Morgan fingerprint density at radius 3 is 2.69 bits per heavy atom. The van der Waals surface area contributed by atoms with E-state index in [0.29, 0.717) is 17.6 Å². The van der Waals surface area contributed by atoms with Crippen LogP contribution in [0.3, 0.4) is 0 Å². The van der Waals surface area contributed by atoms with E-state index >= 15 is 0 Å². The Bertz CT molecular complexity index is 2060. The highest BCUT2D eigenvalue weighted by Crippen LogP contribution is 2.50. The maximum atomic E-state index is 14.5. The van der Waals surface area contributed by atoms with Gasteiger partial charge in [0.15, 0.2) is 11.2 Å². The van der Waals surface area contributed by atoms with E-state index in [0.717, 1.165) is 10.9 Å². The number of nitrogens with one attached hydrogen (secondary N) is 2. The highest BCUT2D eigenvalue weighted by Gasteiger charge is 2.46. The molecule has 2 aromatic heterocycles. The number of carbonyl (C=O) groups is 1. The fourth-order valence-electron chi connectivity index (χ4n) is 5.79. The first-order valence-electron chi connectivity index (χ1n) is 15.4. The van der Waals surface area contributed by atoms with Gasteiger partial charge in [-0.05, 0) is 37.3 Å². The quantitative estimate of drug-likeness (QED) is 0.0828. The highest BCUT2D eigenvalue weighted by molar-refractivity contribution is 7.52. The lowest BCUT2D eigenvalue weighted by molar-refractivity contribution is -0.150. The van der Waals surface area contributed by atoms with Crippen LogP contribution in [-0.4, -0.2) is 44.2 Å². The van der Waals surface area contributed by atoms with Crippen LogP contribution in [0.25, 0.3) is 21.9 Å². The van der Waals surface area contributed by atoms with Gasteiger partial charge in [0.1, 0.15) is 24.1 Å². The molecule has 5 aromatic rings. The second-order valence-electron chi connectivity index (χ2n) is 12.0. The van der Waals surface area contributed by atoms with E-state index in [4.69, 9.17) is 24.3 Å². The van der Waals surface area contributed by atoms with Crippen LogP contribution in [0.1, 0.15) is 45.1 Å². The number of aromatic amines is 1. The number of esters is 1. The predicted octanol–water partition coefficient (Wildman–Crippen LogP) is 5.82. The molecule has 0 aliphatic carbocycles. The number of nitrogen functional groups attached to an aromatic ring is 1. The number of carbonyl (C=O) groups excluding carboxylic acids is 1. The molecule has 1 aliphatic rings. The zero-order chi connectivity index (χ0) is 34.1. The normalized spacial score (nSPS) is 21.8. The molecule has 6 rings (SSSR count). The van der Waals surface area contributed by atoms with E-state index in [2.05, 4.69) is 26.6 Å². The third-order valence-electron chi connectivity index (χ3n) is 8.39. The minimum atomic E-state index is -4.26. The van der Waals surface area contributed by atoms with Crippen molar-refractivity contribution in [3.05, 3.63) is 108 Å². The van der Waals surface area contributed by atoms with Gasteiger partial charge in [0.25, 0.3) is 5.56 Å². The van der Waals surface area contributed by atoms with Crippen LogP contribution >= 0.6 is 7.75 Å². The Kier molecular flexibility index (Phi) is 9.22. The summed E-state index contributed by atoms with van der Waals surface area (Å²) >= 11 is 0. The molecule has 250 valence electrons. The number of ether oxygens (including phenoxy) is 2. The van der Waals surface area contributed by atoms with Crippen molar-refractivity contribution in [1.29, 1.82) is 0 Å². The summed E-state index contributed by atoms with van der Waals surface area (Å²) in [6.07, 6.45) is 1.77. The van der Waals surface area contributed by atoms with Crippen molar-refractivity contribution < 1.29 is 27.9 Å². The highest BCUT2D eigenvalue weighted by atomic mass is 31.2. The van der Waals surface area contributed by atoms with Crippen LogP contribution in [0.2, 0.25) is 0 Å². The lowest BCUT2D eigenvalue weighted by Crippen LogP contribution is -2.36. The Morgan fingerprint density at radius 2 is 1.92 bits per heavy atom. The smallest absolute Gasteiger partial charge is 0.457 e. The van der Waals surface area contributed by atoms with E-state index in [9.17, 15) is 14.2 Å². The molecular weight excluding hydrogens is 635 g/mol. The topological polar surface area (TPSA) is 173 Å². The third kappa shape index (κ3) is 6.76. The maximum absolute atomic E-state index is 14.5. The number of benzene rings is 3. The molecule has 14 heteroatoms. The average molecular weight is 673 g/mol. The van der Waals surface area contributed by atoms with Gasteiger partial charge in [0.2, 0.25) is 5.95 Å². The summed E-state index contributed by atoms with van der Waals surface area (Å²) in [5, 5.41) is 4.36.